The minimum absolute atomic E-state index is 0.294. The van der Waals surface area contributed by atoms with Crippen molar-refractivity contribution in [2.45, 2.75) is 6.92 Å². The highest BCUT2D eigenvalue weighted by atomic mass is 16.5. The molecule has 0 aromatic heterocycles. The summed E-state index contributed by atoms with van der Waals surface area (Å²) in [6.45, 7) is 8.25. The Hall–Kier alpha value is -3.28. The van der Waals surface area contributed by atoms with E-state index in [-0.39, 0.29) is 0 Å². The summed E-state index contributed by atoms with van der Waals surface area (Å²) in [5.74, 6) is -0.0757. The highest BCUT2D eigenvalue weighted by Crippen LogP contribution is 2.18. The first-order valence-electron chi connectivity index (χ1n) is 6.46. The first-order chi connectivity index (χ1) is 11.0. The maximum atomic E-state index is 11.1. The second-order valence-electron chi connectivity index (χ2n) is 4.08. The molecule has 0 aliphatic rings. The van der Waals surface area contributed by atoms with Gasteiger partial charge in [0.1, 0.15) is 36.5 Å². The Morgan fingerprint density at radius 1 is 0.913 bits per heavy atom. The monoisotopic (exact) mass is 316 g/mol. The Morgan fingerprint density at radius 3 is 1.83 bits per heavy atom. The molecule has 0 N–H and O–H groups in total. The van der Waals surface area contributed by atoms with Gasteiger partial charge < -0.3 is 18.9 Å². The van der Waals surface area contributed by atoms with Crippen LogP contribution in [0.4, 0.5) is 0 Å². The molecule has 1 aromatic rings. The van der Waals surface area contributed by atoms with E-state index in [9.17, 15) is 9.59 Å². The largest absolute Gasteiger partial charge is 0.462 e. The lowest BCUT2D eigenvalue weighted by Crippen LogP contribution is -1.99. The lowest BCUT2D eigenvalue weighted by Gasteiger charge is -2.03. The molecule has 0 bridgehead atoms. The van der Waals surface area contributed by atoms with Gasteiger partial charge in [-0.25, -0.2) is 9.59 Å². The predicted octanol–water partition coefficient (Wildman–Crippen LogP) is 3.24. The van der Waals surface area contributed by atoms with Crippen molar-refractivity contribution in [2.75, 3.05) is 0 Å². The molecule has 0 heterocycles. The maximum Gasteiger partial charge on any atom is 0.338 e. The molecule has 6 nitrogen and oxygen atoms in total. The Labute approximate surface area is 133 Å². The SMILES string of the molecule is C=CC(=O)OC=COc1ccc(OC=COC(=O)C(=C)C)cc1. The zero-order chi connectivity index (χ0) is 17.1. The van der Waals surface area contributed by atoms with E-state index in [0.717, 1.165) is 18.6 Å². The van der Waals surface area contributed by atoms with E-state index in [1.165, 1.54) is 12.5 Å². The lowest BCUT2D eigenvalue weighted by molar-refractivity contribution is -0.134. The lowest BCUT2D eigenvalue weighted by atomic mass is 10.3. The third-order valence-electron chi connectivity index (χ3n) is 2.22. The number of carbonyl (C=O) groups is 2. The van der Waals surface area contributed by atoms with Gasteiger partial charge in [-0.15, -0.1) is 0 Å². The Bertz CT molecular complexity index is 625. The maximum absolute atomic E-state index is 11.1. The van der Waals surface area contributed by atoms with Crippen molar-refractivity contribution >= 4 is 11.9 Å². The van der Waals surface area contributed by atoms with E-state index in [1.54, 1.807) is 31.2 Å². The van der Waals surface area contributed by atoms with Crippen LogP contribution in [0.15, 0.2) is 74.1 Å². The molecule has 120 valence electrons. The molecule has 0 spiro atoms. The molecule has 0 amide bonds. The van der Waals surface area contributed by atoms with Crippen molar-refractivity contribution < 1.29 is 28.5 Å². The molecule has 6 heteroatoms. The fourth-order valence-electron chi connectivity index (χ4n) is 1.14. The van der Waals surface area contributed by atoms with Crippen LogP contribution in [0.3, 0.4) is 0 Å². The van der Waals surface area contributed by atoms with Crippen LogP contribution in [0, 0.1) is 0 Å². The topological polar surface area (TPSA) is 71.1 Å². The van der Waals surface area contributed by atoms with Gasteiger partial charge in [-0.05, 0) is 31.2 Å². The summed E-state index contributed by atoms with van der Waals surface area (Å²) in [4.78, 5) is 21.9. The number of benzene rings is 1. The zero-order valence-corrected chi connectivity index (χ0v) is 12.6. The summed E-state index contributed by atoms with van der Waals surface area (Å²) in [6, 6.07) is 6.57. The van der Waals surface area contributed by atoms with Crippen LogP contribution in [-0.2, 0) is 19.1 Å². The van der Waals surface area contributed by atoms with Gasteiger partial charge in [0.2, 0.25) is 0 Å². The van der Waals surface area contributed by atoms with Gasteiger partial charge in [-0.2, -0.15) is 0 Å². The minimum atomic E-state index is -0.576. The molecule has 0 saturated carbocycles. The van der Waals surface area contributed by atoms with Crippen molar-refractivity contribution in [3.05, 3.63) is 74.1 Å². The van der Waals surface area contributed by atoms with Gasteiger partial charge in [0.05, 0.1) is 0 Å². The second-order valence-corrected chi connectivity index (χ2v) is 4.08. The van der Waals surface area contributed by atoms with Crippen LogP contribution in [0.25, 0.3) is 0 Å². The smallest absolute Gasteiger partial charge is 0.338 e. The van der Waals surface area contributed by atoms with E-state index in [1.807, 2.05) is 0 Å². The summed E-state index contributed by atoms with van der Waals surface area (Å²) in [5.41, 5.74) is 0.294. The van der Waals surface area contributed by atoms with Crippen LogP contribution in [0.2, 0.25) is 0 Å². The number of hydrogen-bond donors (Lipinski definition) is 0. The van der Waals surface area contributed by atoms with E-state index in [4.69, 9.17) is 14.2 Å². The fraction of sp³-hybridized carbons (Fsp3) is 0.0588. The molecular formula is C17H16O6. The number of hydrogen-bond acceptors (Lipinski definition) is 6. The molecule has 0 aliphatic heterocycles. The van der Waals surface area contributed by atoms with Gasteiger partial charge in [-0.1, -0.05) is 13.2 Å². The Kier molecular flexibility index (Phi) is 7.43. The quantitative estimate of drug-likeness (QED) is 0.416. The standard InChI is InChI=1S/C17H16O6/c1-4-16(18)22-11-9-20-14-5-7-15(8-6-14)21-10-12-23-17(19)13(2)3/h4-12H,1-2H2,3H3. The molecule has 0 saturated heterocycles. The van der Waals surface area contributed by atoms with E-state index >= 15 is 0 Å². The van der Waals surface area contributed by atoms with Crippen LogP contribution < -0.4 is 9.47 Å². The average Bonchev–Trinajstić information content (AvgIpc) is 2.56. The van der Waals surface area contributed by atoms with E-state index in [0.29, 0.717) is 17.1 Å². The highest BCUT2D eigenvalue weighted by molar-refractivity contribution is 5.87. The first kappa shape index (κ1) is 17.8. The normalized spacial score (nSPS) is 10.3. The molecular weight excluding hydrogens is 300 g/mol. The van der Waals surface area contributed by atoms with Crippen LogP contribution in [0.5, 0.6) is 11.5 Å². The number of rotatable bonds is 8. The Morgan fingerprint density at radius 2 is 1.39 bits per heavy atom. The third-order valence-corrected chi connectivity index (χ3v) is 2.22. The van der Waals surface area contributed by atoms with Crippen molar-refractivity contribution in [3.63, 3.8) is 0 Å². The summed E-state index contributed by atoms with van der Waals surface area (Å²) in [6.07, 6.45) is 5.71. The number of carbonyl (C=O) groups excluding carboxylic acids is 2. The third kappa shape index (κ3) is 7.33. The van der Waals surface area contributed by atoms with Crippen molar-refractivity contribution in [1.29, 1.82) is 0 Å². The number of esters is 2. The van der Waals surface area contributed by atoms with Crippen LogP contribution in [0.1, 0.15) is 6.92 Å². The van der Waals surface area contributed by atoms with Crippen LogP contribution in [-0.4, -0.2) is 11.9 Å². The minimum Gasteiger partial charge on any atom is -0.462 e. The molecule has 23 heavy (non-hydrogen) atoms. The van der Waals surface area contributed by atoms with Gasteiger partial charge in [-0.3, -0.25) is 0 Å². The molecule has 0 aliphatic carbocycles. The van der Waals surface area contributed by atoms with E-state index in [2.05, 4.69) is 17.9 Å². The first-order valence-corrected chi connectivity index (χ1v) is 6.46. The van der Waals surface area contributed by atoms with Gasteiger partial charge >= 0.3 is 11.9 Å². The van der Waals surface area contributed by atoms with E-state index < -0.39 is 11.9 Å². The highest BCUT2D eigenvalue weighted by Gasteiger charge is 1.99. The van der Waals surface area contributed by atoms with Gasteiger partial charge in [0.15, 0.2) is 0 Å². The average molecular weight is 316 g/mol. The fourth-order valence-corrected chi connectivity index (χ4v) is 1.14. The summed E-state index contributed by atoms with van der Waals surface area (Å²) in [5, 5.41) is 0. The molecule has 0 unspecified atom stereocenters. The van der Waals surface area contributed by atoms with Crippen molar-refractivity contribution in [1.82, 2.24) is 0 Å². The van der Waals surface area contributed by atoms with Crippen molar-refractivity contribution in [2.24, 2.45) is 0 Å². The zero-order valence-electron chi connectivity index (χ0n) is 12.6. The summed E-state index contributed by atoms with van der Waals surface area (Å²) >= 11 is 0. The summed E-state index contributed by atoms with van der Waals surface area (Å²) in [7, 11) is 0. The Balaban J connectivity index is 2.40. The summed E-state index contributed by atoms with van der Waals surface area (Å²) < 4.78 is 19.7. The van der Waals surface area contributed by atoms with Crippen LogP contribution >= 0.6 is 0 Å². The number of ether oxygens (including phenoxy) is 4. The molecule has 0 radical (unpaired) electrons. The molecule has 1 aromatic carbocycles. The predicted molar refractivity (Wildman–Crippen MR) is 83.2 cm³/mol. The van der Waals surface area contributed by atoms with Gasteiger partial charge in [0.25, 0.3) is 0 Å². The second kappa shape index (κ2) is 9.62. The molecule has 1 rings (SSSR count). The molecule has 0 fully saturated rings. The van der Waals surface area contributed by atoms with Gasteiger partial charge in [0, 0.05) is 11.6 Å². The molecule has 0 atom stereocenters. The van der Waals surface area contributed by atoms with Crippen molar-refractivity contribution in [3.8, 4) is 11.5 Å².